The number of Topliss-reactive ketones (excluding diaryl/α,β-unsaturated/α-hetero) is 1. The molecule has 2 heterocycles. The number of carbonyl (C=O) groups excluding carboxylic acids is 1. The van der Waals surface area contributed by atoms with Gasteiger partial charge in [-0.15, -0.1) is 11.3 Å². The number of aromatic nitrogens is 2. The molecule has 0 spiro atoms. The summed E-state index contributed by atoms with van der Waals surface area (Å²) in [6.07, 6.45) is 6.55. The standard InChI is InChI=1S/C20H20N2O4S/c23-15(12-2-1-3-13(12)20(24)25)9-17-14(8-16(27-17)10-4-5-10)19-21-18(22-26-19)11-6-7-11/h8,10-11H,1-7,9H2,(H,24,25). The first-order valence-corrected chi connectivity index (χ1v) is 10.4. The third kappa shape index (κ3) is 3.25. The second-order valence-electron chi connectivity index (χ2n) is 7.71. The minimum absolute atomic E-state index is 0.0859. The predicted octanol–water partition coefficient (Wildman–Crippen LogP) is 4.23. The molecule has 0 saturated heterocycles. The number of nitrogens with zero attached hydrogens (tertiary/aromatic N) is 2. The van der Waals surface area contributed by atoms with Gasteiger partial charge in [0.15, 0.2) is 11.6 Å². The average molecular weight is 384 g/mol. The Morgan fingerprint density at radius 3 is 2.59 bits per heavy atom. The van der Waals surface area contributed by atoms with E-state index < -0.39 is 5.97 Å². The summed E-state index contributed by atoms with van der Waals surface area (Å²) < 4.78 is 5.50. The van der Waals surface area contributed by atoms with E-state index in [9.17, 15) is 14.7 Å². The molecule has 6 nitrogen and oxygen atoms in total. The summed E-state index contributed by atoms with van der Waals surface area (Å²) >= 11 is 1.64. The highest BCUT2D eigenvalue weighted by atomic mass is 32.1. The summed E-state index contributed by atoms with van der Waals surface area (Å²) in [7, 11) is 0. The van der Waals surface area contributed by atoms with Gasteiger partial charge in [0.2, 0.25) is 0 Å². The van der Waals surface area contributed by atoms with Crippen molar-refractivity contribution in [1.29, 1.82) is 0 Å². The lowest BCUT2D eigenvalue weighted by Gasteiger charge is -2.03. The van der Waals surface area contributed by atoms with Crippen molar-refractivity contribution in [2.45, 2.75) is 63.2 Å². The molecule has 27 heavy (non-hydrogen) atoms. The molecule has 0 atom stereocenters. The molecule has 2 aromatic rings. The smallest absolute Gasteiger partial charge is 0.331 e. The SMILES string of the molecule is O=C(O)C1=C(C(=O)Cc2sc(C3CC3)cc2-c2nc(C3CC3)no2)CCC1. The third-order valence-corrected chi connectivity index (χ3v) is 6.85. The van der Waals surface area contributed by atoms with E-state index in [1.165, 1.54) is 17.7 Å². The number of hydrogen-bond donors (Lipinski definition) is 1. The second kappa shape index (κ2) is 6.41. The molecule has 2 aromatic heterocycles. The van der Waals surface area contributed by atoms with Gasteiger partial charge in [-0.3, -0.25) is 4.79 Å². The molecule has 2 fully saturated rings. The fourth-order valence-electron chi connectivity index (χ4n) is 3.72. The Hall–Kier alpha value is -2.28. The van der Waals surface area contributed by atoms with Crippen molar-refractivity contribution in [3.8, 4) is 11.5 Å². The third-order valence-electron chi connectivity index (χ3n) is 5.56. The lowest BCUT2D eigenvalue weighted by atomic mass is 10.0. The van der Waals surface area contributed by atoms with E-state index in [2.05, 4.69) is 16.2 Å². The Balaban J connectivity index is 1.46. The van der Waals surface area contributed by atoms with E-state index in [1.54, 1.807) is 11.3 Å². The lowest BCUT2D eigenvalue weighted by Crippen LogP contribution is -2.10. The van der Waals surface area contributed by atoms with Crippen LogP contribution in [0, 0.1) is 0 Å². The van der Waals surface area contributed by atoms with Gasteiger partial charge in [-0.2, -0.15) is 4.98 Å². The molecule has 0 bridgehead atoms. The van der Waals surface area contributed by atoms with E-state index in [0.717, 1.165) is 35.5 Å². The van der Waals surface area contributed by atoms with Gasteiger partial charge in [0.1, 0.15) is 0 Å². The van der Waals surface area contributed by atoms with Crippen molar-refractivity contribution in [2.75, 3.05) is 0 Å². The molecule has 140 valence electrons. The van der Waals surface area contributed by atoms with Crippen LogP contribution < -0.4 is 0 Å². The molecular formula is C20H20N2O4S. The largest absolute Gasteiger partial charge is 0.478 e. The minimum atomic E-state index is -0.966. The number of thiophene rings is 1. The van der Waals surface area contributed by atoms with Crippen LogP contribution in [0.3, 0.4) is 0 Å². The zero-order valence-electron chi connectivity index (χ0n) is 14.9. The maximum Gasteiger partial charge on any atom is 0.331 e. The van der Waals surface area contributed by atoms with Gasteiger partial charge in [-0.05, 0) is 56.9 Å². The van der Waals surface area contributed by atoms with Crippen molar-refractivity contribution in [3.63, 3.8) is 0 Å². The summed E-state index contributed by atoms with van der Waals surface area (Å²) in [4.78, 5) is 31.0. The van der Waals surface area contributed by atoms with E-state index in [4.69, 9.17) is 4.52 Å². The van der Waals surface area contributed by atoms with Crippen LogP contribution in [0.1, 0.15) is 72.4 Å². The Kier molecular flexibility index (Phi) is 4.00. The number of rotatable bonds is 7. The summed E-state index contributed by atoms with van der Waals surface area (Å²) in [6.45, 7) is 0. The van der Waals surface area contributed by atoms with Crippen LogP contribution in [0.5, 0.6) is 0 Å². The van der Waals surface area contributed by atoms with Gasteiger partial charge in [-0.25, -0.2) is 4.79 Å². The number of carboxylic acid groups (broad SMARTS) is 1. The predicted molar refractivity (Wildman–Crippen MR) is 98.8 cm³/mol. The molecule has 5 rings (SSSR count). The molecule has 2 saturated carbocycles. The van der Waals surface area contributed by atoms with Gasteiger partial charge in [0, 0.05) is 33.2 Å². The maximum absolute atomic E-state index is 12.9. The number of allylic oxidation sites excluding steroid dienone is 1. The first-order valence-electron chi connectivity index (χ1n) is 9.55. The highest BCUT2D eigenvalue weighted by Crippen LogP contribution is 2.47. The van der Waals surface area contributed by atoms with E-state index in [1.807, 2.05) is 0 Å². The van der Waals surface area contributed by atoms with Crippen LogP contribution in [-0.4, -0.2) is 27.0 Å². The number of carbonyl (C=O) groups is 2. The maximum atomic E-state index is 12.9. The fourth-order valence-corrected chi connectivity index (χ4v) is 5.05. The summed E-state index contributed by atoms with van der Waals surface area (Å²) in [5, 5.41) is 13.4. The van der Waals surface area contributed by atoms with Crippen LogP contribution in [0.4, 0.5) is 0 Å². The number of carboxylic acids is 1. The van der Waals surface area contributed by atoms with Crippen LogP contribution in [0.15, 0.2) is 21.7 Å². The molecule has 0 amide bonds. The quantitative estimate of drug-likeness (QED) is 0.768. The Morgan fingerprint density at radius 1 is 1.15 bits per heavy atom. The molecule has 0 aliphatic heterocycles. The van der Waals surface area contributed by atoms with Crippen LogP contribution in [-0.2, 0) is 16.0 Å². The van der Waals surface area contributed by atoms with E-state index in [-0.39, 0.29) is 17.8 Å². The van der Waals surface area contributed by atoms with E-state index in [0.29, 0.717) is 36.1 Å². The zero-order chi connectivity index (χ0) is 18.5. The second-order valence-corrected chi connectivity index (χ2v) is 8.88. The average Bonchev–Trinajstić information content (AvgIpc) is 3.53. The Morgan fingerprint density at radius 2 is 1.89 bits per heavy atom. The van der Waals surface area contributed by atoms with Gasteiger partial charge >= 0.3 is 5.97 Å². The molecule has 7 heteroatoms. The highest BCUT2D eigenvalue weighted by molar-refractivity contribution is 7.12. The van der Waals surface area contributed by atoms with Crippen molar-refractivity contribution in [3.05, 3.63) is 32.8 Å². The Labute approximate surface area is 160 Å². The zero-order valence-corrected chi connectivity index (χ0v) is 15.7. The van der Waals surface area contributed by atoms with Crippen molar-refractivity contribution >= 4 is 23.1 Å². The first-order chi connectivity index (χ1) is 13.1. The van der Waals surface area contributed by atoms with Gasteiger partial charge in [0.05, 0.1) is 5.56 Å². The highest BCUT2D eigenvalue weighted by Gasteiger charge is 2.32. The van der Waals surface area contributed by atoms with Crippen LogP contribution in [0.25, 0.3) is 11.5 Å². The van der Waals surface area contributed by atoms with Gasteiger partial charge < -0.3 is 9.63 Å². The van der Waals surface area contributed by atoms with Crippen molar-refractivity contribution in [1.82, 2.24) is 10.1 Å². The molecule has 0 unspecified atom stereocenters. The molecule has 1 N–H and O–H groups in total. The summed E-state index contributed by atoms with van der Waals surface area (Å²) in [6, 6.07) is 2.09. The van der Waals surface area contributed by atoms with Gasteiger partial charge in [0.25, 0.3) is 5.89 Å². The normalized spacial score (nSPS) is 19.7. The van der Waals surface area contributed by atoms with Gasteiger partial charge in [-0.1, -0.05) is 5.16 Å². The Bertz CT molecular complexity index is 963. The summed E-state index contributed by atoms with van der Waals surface area (Å²) in [5.74, 6) is 1.18. The molecule has 0 aromatic carbocycles. The van der Waals surface area contributed by atoms with Crippen molar-refractivity contribution in [2.24, 2.45) is 0 Å². The van der Waals surface area contributed by atoms with E-state index >= 15 is 0 Å². The molecule has 3 aliphatic carbocycles. The molecule has 0 radical (unpaired) electrons. The topological polar surface area (TPSA) is 93.3 Å². The summed E-state index contributed by atoms with van der Waals surface area (Å²) in [5.41, 5.74) is 1.62. The first kappa shape index (κ1) is 16.9. The minimum Gasteiger partial charge on any atom is -0.478 e. The number of ketones is 1. The van der Waals surface area contributed by atoms with Crippen LogP contribution >= 0.6 is 11.3 Å². The number of aliphatic carboxylic acids is 1. The van der Waals surface area contributed by atoms with Crippen LogP contribution in [0.2, 0.25) is 0 Å². The fraction of sp³-hybridized carbons (Fsp3) is 0.500. The molecular weight excluding hydrogens is 364 g/mol. The monoisotopic (exact) mass is 384 g/mol. The lowest BCUT2D eigenvalue weighted by molar-refractivity contribution is -0.133. The van der Waals surface area contributed by atoms with Crippen molar-refractivity contribution < 1.29 is 19.2 Å². The molecule has 3 aliphatic rings. The number of hydrogen-bond acceptors (Lipinski definition) is 6.